The molecule has 0 spiro atoms. The molecule has 6 heteroatoms. The van der Waals surface area contributed by atoms with Crippen LogP contribution in [0, 0.1) is 0 Å². The number of hydrogen-bond acceptors (Lipinski definition) is 5. The lowest BCUT2D eigenvalue weighted by Gasteiger charge is -2.22. The zero-order chi connectivity index (χ0) is 15.8. The van der Waals surface area contributed by atoms with Gasteiger partial charge in [-0.25, -0.2) is 0 Å². The van der Waals surface area contributed by atoms with E-state index in [-0.39, 0.29) is 18.4 Å². The molecule has 6 nitrogen and oxygen atoms in total. The van der Waals surface area contributed by atoms with Crippen molar-refractivity contribution in [2.24, 2.45) is 0 Å². The first kappa shape index (κ1) is 17.0. The molecular formula is C15H22N2O4. The molecule has 1 N–H and O–H groups in total. The number of methoxy groups -OCH3 is 1. The van der Waals surface area contributed by atoms with Gasteiger partial charge in [0.25, 0.3) is 0 Å². The van der Waals surface area contributed by atoms with E-state index in [1.165, 1.54) is 0 Å². The first-order chi connectivity index (χ1) is 9.97. The molecule has 0 bridgehead atoms. The smallest absolute Gasteiger partial charge is 0.323 e. The van der Waals surface area contributed by atoms with E-state index in [9.17, 15) is 9.59 Å². The Hall–Kier alpha value is -2.08. The molecule has 0 saturated carbocycles. The van der Waals surface area contributed by atoms with E-state index in [1.807, 2.05) is 0 Å². The summed E-state index contributed by atoms with van der Waals surface area (Å²) in [6.07, 6.45) is 0. The molecule has 0 fully saturated rings. The molecule has 1 aromatic rings. The number of anilines is 1. The van der Waals surface area contributed by atoms with E-state index in [4.69, 9.17) is 9.47 Å². The van der Waals surface area contributed by atoms with Crippen LogP contribution in [0.15, 0.2) is 24.3 Å². The normalized spacial score (nSPS) is 11.9. The lowest BCUT2D eigenvalue weighted by atomic mass is 10.3. The molecule has 0 radical (unpaired) electrons. The SMILES string of the molecule is CCOC(=O)[C@H](C)N(C)CC(=O)Nc1cccc(OC)c1. The van der Waals surface area contributed by atoms with Crippen molar-refractivity contribution in [3.05, 3.63) is 24.3 Å². The van der Waals surface area contributed by atoms with Gasteiger partial charge < -0.3 is 14.8 Å². The monoisotopic (exact) mass is 294 g/mol. The topological polar surface area (TPSA) is 67.9 Å². The molecule has 0 heterocycles. The lowest BCUT2D eigenvalue weighted by molar-refractivity contribution is -0.148. The summed E-state index contributed by atoms with van der Waals surface area (Å²) in [4.78, 5) is 25.2. The van der Waals surface area contributed by atoms with Gasteiger partial charge in [0.15, 0.2) is 0 Å². The van der Waals surface area contributed by atoms with Crippen molar-refractivity contribution in [3.63, 3.8) is 0 Å². The molecule has 1 aromatic carbocycles. The summed E-state index contributed by atoms with van der Waals surface area (Å²) in [6, 6.07) is 6.62. The van der Waals surface area contributed by atoms with Crippen LogP contribution in [-0.2, 0) is 14.3 Å². The molecule has 0 aliphatic rings. The van der Waals surface area contributed by atoms with Crippen LogP contribution < -0.4 is 10.1 Å². The molecule has 1 rings (SSSR count). The minimum absolute atomic E-state index is 0.0944. The molecule has 0 saturated heterocycles. The Morgan fingerprint density at radius 3 is 2.71 bits per heavy atom. The number of amides is 1. The van der Waals surface area contributed by atoms with Crippen LogP contribution in [0.4, 0.5) is 5.69 Å². The number of likely N-dealkylation sites (N-methyl/N-ethyl adjacent to an activating group) is 1. The van der Waals surface area contributed by atoms with Gasteiger partial charge in [-0.2, -0.15) is 0 Å². The van der Waals surface area contributed by atoms with Crippen molar-refractivity contribution in [1.29, 1.82) is 0 Å². The van der Waals surface area contributed by atoms with E-state index >= 15 is 0 Å². The molecule has 116 valence electrons. The standard InChI is InChI=1S/C15H22N2O4/c1-5-21-15(19)11(2)17(3)10-14(18)16-12-7-6-8-13(9-12)20-4/h6-9,11H,5,10H2,1-4H3,(H,16,18)/t11-/m0/s1. The lowest BCUT2D eigenvalue weighted by Crippen LogP contribution is -2.41. The van der Waals surface area contributed by atoms with E-state index in [1.54, 1.807) is 57.2 Å². The Morgan fingerprint density at radius 2 is 2.10 bits per heavy atom. The number of carbonyl (C=O) groups is 2. The summed E-state index contributed by atoms with van der Waals surface area (Å²) < 4.78 is 10.0. The van der Waals surface area contributed by atoms with Gasteiger partial charge >= 0.3 is 5.97 Å². The number of rotatable bonds is 7. The maximum absolute atomic E-state index is 12.0. The van der Waals surface area contributed by atoms with Gasteiger partial charge in [-0.05, 0) is 33.0 Å². The first-order valence-corrected chi connectivity index (χ1v) is 6.78. The van der Waals surface area contributed by atoms with Crippen molar-refractivity contribution in [3.8, 4) is 5.75 Å². The molecule has 0 unspecified atom stereocenters. The zero-order valence-electron chi connectivity index (χ0n) is 12.9. The Labute approximate surface area is 125 Å². The number of nitrogens with zero attached hydrogens (tertiary/aromatic N) is 1. The first-order valence-electron chi connectivity index (χ1n) is 6.78. The Morgan fingerprint density at radius 1 is 1.38 bits per heavy atom. The number of benzene rings is 1. The highest BCUT2D eigenvalue weighted by molar-refractivity contribution is 5.92. The van der Waals surface area contributed by atoms with Crippen molar-refractivity contribution >= 4 is 17.6 Å². The molecule has 0 aliphatic heterocycles. The Bertz CT molecular complexity index is 490. The third-order valence-electron chi connectivity index (χ3n) is 3.04. The second-order valence-electron chi connectivity index (χ2n) is 4.62. The van der Waals surface area contributed by atoms with Crippen molar-refractivity contribution in [1.82, 2.24) is 4.90 Å². The summed E-state index contributed by atoms with van der Waals surface area (Å²) in [6.45, 7) is 3.88. The largest absolute Gasteiger partial charge is 0.497 e. The molecule has 1 atom stereocenters. The summed E-state index contributed by atoms with van der Waals surface area (Å²) in [7, 11) is 3.27. The predicted molar refractivity (Wildman–Crippen MR) is 80.3 cm³/mol. The van der Waals surface area contributed by atoms with Crippen molar-refractivity contribution < 1.29 is 19.1 Å². The number of carbonyl (C=O) groups excluding carboxylic acids is 2. The molecule has 0 aromatic heterocycles. The van der Waals surface area contributed by atoms with Crippen molar-refractivity contribution in [2.75, 3.05) is 32.6 Å². The second kappa shape index (κ2) is 8.26. The average Bonchev–Trinajstić information content (AvgIpc) is 2.46. The van der Waals surface area contributed by atoms with Crippen LogP contribution in [0.3, 0.4) is 0 Å². The minimum Gasteiger partial charge on any atom is -0.497 e. The van der Waals surface area contributed by atoms with E-state index in [2.05, 4.69) is 5.32 Å². The van der Waals surface area contributed by atoms with Crippen LogP contribution >= 0.6 is 0 Å². The number of hydrogen-bond donors (Lipinski definition) is 1. The van der Waals surface area contributed by atoms with Crippen LogP contribution in [0.25, 0.3) is 0 Å². The maximum Gasteiger partial charge on any atom is 0.323 e. The highest BCUT2D eigenvalue weighted by Crippen LogP contribution is 2.16. The predicted octanol–water partition coefficient (Wildman–Crippen LogP) is 1.52. The van der Waals surface area contributed by atoms with Gasteiger partial charge in [0, 0.05) is 11.8 Å². The van der Waals surface area contributed by atoms with Crippen LogP contribution in [-0.4, -0.2) is 50.1 Å². The maximum atomic E-state index is 12.0. The second-order valence-corrected chi connectivity index (χ2v) is 4.62. The number of esters is 1. The van der Waals surface area contributed by atoms with Gasteiger partial charge in [-0.3, -0.25) is 14.5 Å². The minimum atomic E-state index is -0.471. The fraction of sp³-hybridized carbons (Fsp3) is 0.467. The quantitative estimate of drug-likeness (QED) is 0.772. The van der Waals surface area contributed by atoms with Crippen LogP contribution in [0.1, 0.15) is 13.8 Å². The molecule has 21 heavy (non-hydrogen) atoms. The average molecular weight is 294 g/mol. The fourth-order valence-corrected chi connectivity index (χ4v) is 1.71. The molecular weight excluding hydrogens is 272 g/mol. The zero-order valence-corrected chi connectivity index (χ0v) is 12.9. The summed E-state index contributed by atoms with van der Waals surface area (Å²) in [5.41, 5.74) is 0.650. The third-order valence-corrected chi connectivity index (χ3v) is 3.04. The number of ether oxygens (including phenoxy) is 2. The van der Waals surface area contributed by atoms with Crippen LogP contribution in [0.5, 0.6) is 5.75 Å². The summed E-state index contributed by atoms with van der Waals surface area (Å²) in [5, 5.41) is 2.76. The molecule has 1 amide bonds. The van der Waals surface area contributed by atoms with Gasteiger partial charge in [-0.1, -0.05) is 6.07 Å². The van der Waals surface area contributed by atoms with E-state index < -0.39 is 6.04 Å². The van der Waals surface area contributed by atoms with Gasteiger partial charge in [0.2, 0.25) is 5.91 Å². The van der Waals surface area contributed by atoms with Gasteiger partial charge in [-0.15, -0.1) is 0 Å². The third kappa shape index (κ3) is 5.43. The van der Waals surface area contributed by atoms with E-state index in [0.717, 1.165) is 0 Å². The van der Waals surface area contributed by atoms with Crippen LogP contribution in [0.2, 0.25) is 0 Å². The van der Waals surface area contributed by atoms with Gasteiger partial charge in [0.05, 0.1) is 20.3 Å². The summed E-state index contributed by atoms with van der Waals surface area (Å²) in [5.74, 6) is 0.122. The highest BCUT2D eigenvalue weighted by atomic mass is 16.5. The Kier molecular flexibility index (Phi) is 6.68. The fourth-order valence-electron chi connectivity index (χ4n) is 1.71. The number of nitrogens with one attached hydrogen (secondary N) is 1. The van der Waals surface area contributed by atoms with E-state index in [0.29, 0.717) is 18.0 Å². The van der Waals surface area contributed by atoms with Crippen molar-refractivity contribution in [2.45, 2.75) is 19.9 Å². The van der Waals surface area contributed by atoms with Gasteiger partial charge in [0.1, 0.15) is 11.8 Å². The Balaban J connectivity index is 2.54. The molecule has 0 aliphatic carbocycles. The summed E-state index contributed by atoms with van der Waals surface area (Å²) >= 11 is 0. The highest BCUT2D eigenvalue weighted by Gasteiger charge is 2.21.